The number of benzene rings is 9. The van der Waals surface area contributed by atoms with Crippen molar-refractivity contribution in [2.45, 2.75) is 18.8 Å². The summed E-state index contributed by atoms with van der Waals surface area (Å²) in [7, 11) is 0. The molecular weight excluding hydrogens is 661 g/mol. The van der Waals surface area contributed by atoms with Crippen molar-refractivity contribution in [2.75, 3.05) is 0 Å². The molecule has 0 spiro atoms. The second kappa shape index (κ2) is 13.0. The molecule has 2 aliphatic carbocycles. The normalized spacial score (nSPS) is 12.9. The molecule has 0 radical (unpaired) electrons. The zero-order valence-electron chi connectivity index (χ0n) is 30.5. The third kappa shape index (κ3) is 5.29. The van der Waals surface area contributed by atoms with Gasteiger partial charge in [0.15, 0.2) is 0 Å². The van der Waals surface area contributed by atoms with Crippen LogP contribution in [0, 0.1) is 0 Å². The Balaban J connectivity index is 1.10. The highest BCUT2D eigenvalue weighted by Crippen LogP contribution is 2.50. The van der Waals surface area contributed by atoms with E-state index in [9.17, 15) is 0 Å². The van der Waals surface area contributed by atoms with Gasteiger partial charge in [-0.25, -0.2) is 0 Å². The van der Waals surface area contributed by atoms with E-state index in [1.54, 1.807) is 0 Å². The molecule has 11 rings (SSSR count). The molecule has 0 heteroatoms. The van der Waals surface area contributed by atoms with Crippen molar-refractivity contribution in [3.63, 3.8) is 0 Å². The molecule has 9 aromatic carbocycles. The van der Waals surface area contributed by atoms with E-state index >= 15 is 0 Å². The first-order valence-electron chi connectivity index (χ1n) is 19.5. The lowest BCUT2D eigenvalue weighted by molar-refractivity contribution is 0.979. The molecule has 0 aromatic heterocycles. The van der Waals surface area contributed by atoms with E-state index in [-0.39, 0.29) is 5.92 Å². The van der Waals surface area contributed by atoms with Crippen molar-refractivity contribution in [2.24, 2.45) is 0 Å². The van der Waals surface area contributed by atoms with Crippen molar-refractivity contribution in [1.29, 1.82) is 0 Å². The van der Waals surface area contributed by atoms with Crippen LogP contribution in [0.5, 0.6) is 0 Å². The maximum absolute atomic E-state index is 2.52. The van der Waals surface area contributed by atoms with Crippen LogP contribution in [0.25, 0.3) is 66.4 Å². The van der Waals surface area contributed by atoms with Gasteiger partial charge in [0.2, 0.25) is 0 Å². The summed E-state index contributed by atoms with van der Waals surface area (Å²) in [5.74, 6) is 0.0476. The van der Waals surface area contributed by atoms with E-state index in [2.05, 4.69) is 200 Å². The predicted octanol–water partition coefficient (Wildman–Crippen LogP) is 14.2. The Morgan fingerprint density at radius 1 is 0.327 bits per heavy atom. The molecule has 0 amide bonds. The molecule has 2 aliphatic rings. The highest BCUT2D eigenvalue weighted by atomic mass is 14.3. The zero-order chi connectivity index (χ0) is 36.3. The predicted molar refractivity (Wildman–Crippen MR) is 231 cm³/mol. The van der Waals surface area contributed by atoms with Gasteiger partial charge in [-0.1, -0.05) is 188 Å². The maximum Gasteiger partial charge on any atom is 0.0346 e. The monoisotopic (exact) mass is 698 g/mol. The summed E-state index contributed by atoms with van der Waals surface area (Å²) < 4.78 is 0. The molecular formula is C55H38. The fraction of sp³-hybridized carbons (Fsp3) is 0.0545. The van der Waals surface area contributed by atoms with Crippen LogP contribution in [0.2, 0.25) is 0 Å². The van der Waals surface area contributed by atoms with Gasteiger partial charge in [-0.3, -0.25) is 0 Å². The van der Waals surface area contributed by atoms with Crippen LogP contribution < -0.4 is 0 Å². The summed E-state index contributed by atoms with van der Waals surface area (Å²) in [6, 6.07) is 74.5. The van der Waals surface area contributed by atoms with Gasteiger partial charge in [0.05, 0.1) is 0 Å². The van der Waals surface area contributed by atoms with Crippen LogP contribution in [0.4, 0.5) is 0 Å². The molecule has 0 bridgehead atoms. The van der Waals surface area contributed by atoms with Crippen molar-refractivity contribution >= 4 is 10.8 Å². The van der Waals surface area contributed by atoms with Crippen LogP contribution >= 0.6 is 0 Å². The van der Waals surface area contributed by atoms with Crippen LogP contribution in [0.3, 0.4) is 0 Å². The average Bonchev–Trinajstić information content (AvgIpc) is 3.82. The second-order valence-electron chi connectivity index (χ2n) is 15.1. The number of hydrogen-bond donors (Lipinski definition) is 0. The molecule has 55 heavy (non-hydrogen) atoms. The Labute approximate surface area is 323 Å². The summed E-state index contributed by atoms with van der Waals surface area (Å²) >= 11 is 0. The molecule has 0 nitrogen and oxygen atoms in total. The Bertz CT molecular complexity index is 2900. The van der Waals surface area contributed by atoms with E-state index in [0.29, 0.717) is 0 Å². The highest BCUT2D eigenvalue weighted by molar-refractivity contribution is 6.06. The van der Waals surface area contributed by atoms with Gasteiger partial charge in [0.25, 0.3) is 0 Å². The van der Waals surface area contributed by atoms with Gasteiger partial charge in [-0.15, -0.1) is 0 Å². The van der Waals surface area contributed by atoms with Crippen LogP contribution in [-0.2, 0) is 12.8 Å². The largest absolute Gasteiger partial charge is 0.0622 e. The summed E-state index contributed by atoms with van der Waals surface area (Å²) in [6.45, 7) is 0. The van der Waals surface area contributed by atoms with Gasteiger partial charge in [0.1, 0.15) is 0 Å². The lowest BCUT2D eigenvalue weighted by Gasteiger charge is -2.23. The third-order valence-corrected chi connectivity index (χ3v) is 12.1. The molecule has 0 saturated heterocycles. The Kier molecular flexibility index (Phi) is 7.49. The van der Waals surface area contributed by atoms with Crippen molar-refractivity contribution in [3.8, 4) is 55.6 Å². The summed E-state index contributed by atoms with van der Waals surface area (Å²) in [5, 5.41) is 2.64. The minimum atomic E-state index is 0.0476. The summed E-state index contributed by atoms with van der Waals surface area (Å²) in [5.41, 5.74) is 22.9. The quantitative estimate of drug-likeness (QED) is 0.152. The molecule has 1 unspecified atom stereocenters. The van der Waals surface area contributed by atoms with Gasteiger partial charge < -0.3 is 0 Å². The van der Waals surface area contributed by atoms with E-state index in [0.717, 1.165) is 12.8 Å². The lowest BCUT2D eigenvalue weighted by Crippen LogP contribution is -2.06. The Morgan fingerprint density at radius 2 is 0.927 bits per heavy atom. The average molecular weight is 699 g/mol. The topological polar surface area (TPSA) is 0 Å². The first-order valence-corrected chi connectivity index (χ1v) is 19.5. The van der Waals surface area contributed by atoms with Gasteiger partial charge in [-0.2, -0.15) is 0 Å². The fourth-order valence-electron chi connectivity index (χ4n) is 9.56. The molecule has 0 heterocycles. The standard InChI is InChI=1S/C55H38/c1-3-14-36(15-4-1)37-26-28-39(29-27-37)54(48-23-12-11-20-44(48)38-16-5-2-6-17-38)43-31-30-42-34-53-52(50(42)35-43)33-41-19-8-10-22-46(41)55(53)49-25-13-24-47-45-21-9-7-18-40(45)32-51(47)49/h1-31,33,35,54H,32,34H2. The van der Waals surface area contributed by atoms with Crippen LogP contribution in [0.1, 0.15) is 44.9 Å². The first kappa shape index (κ1) is 31.7. The van der Waals surface area contributed by atoms with Crippen molar-refractivity contribution in [1.82, 2.24) is 0 Å². The number of rotatable bonds is 6. The fourth-order valence-corrected chi connectivity index (χ4v) is 9.56. The minimum absolute atomic E-state index is 0.0476. The maximum atomic E-state index is 2.52. The van der Waals surface area contributed by atoms with E-state index in [1.165, 1.54) is 105 Å². The summed E-state index contributed by atoms with van der Waals surface area (Å²) in [6.07, 6.45) is 1.90. The molecule has 258 valence electrons. The van der Waals surface area contributed by atoms with Crippen LogP contribution in [-0.4, -0.2) is 0 Å². The second-order valence-corrected chi connectivity index (χ2v) is 15.1. The Morgan fingerprint density at radius 3 is 1.76 bits per heavy atom. The highest BCUT2D eigenvalue weighted by Gasteiger charge is 2.29. The molecule has 0 N–H and O–H groups in total. The van der Waals surface area contributed by atoms with Crippen molar-refractivity contribution < 1.29 is 0 Å². The number of fused-ring (bicyclic) bond motifs is 7. The van der Waals surface area contributed by atoms with Gasteiger partial charge in [-0.05, 0) is 130 Å². The van der Waals surface area contributed by atoms with Gasteiger partial charge >= 0.3 is 0 Å². The molecule has 1 atom stereocenters. The first-order chi connectivity index (χ1) is 27.3. The van der Waals surface area contributed by atoms with Crippen LogP contribution in [0.15, 0.2) is 200 Å². The molecule has 0 saturated carbocycles. The zero-order valence-corrected chi connectivity index (χ0v) is 30.5. The Hall–Kier alpha value is -6.76. The van der Waals surface area contributed by atoms with Gasteiger partial charge in [0, 0.05) is 5.92 Å². The van der Waals surface area contributed by atoms with E-state index in [1.807, 2.05) is 0 Å². The molecule has 0 fully saturated rings. The van der Waals surface area contributed by atoms with Crippen molar-refractivity contribution in [3.05, 3.63) is 239 Å². The van der Waals surface area contributed by atoms with E-state index < -0.39 is 0 Å². The SMILES string of the molecule is c1ccc(-c2ccc(C(c3ccc4c(c3)-c3cc5ccccc5c(-c5cccc6c5Cc5ccccc5-6)c3C4)c3ccccc3-c3ccccc3)cc2)cc1. The lowest BCUT2D eigenvalue weighted by atomic mass is 9.80. The summed E-state index contributed by atoms with van der Waals surface area (Å²) in [4.78, 5) is 0. The van der Waals surface area contributed by atoms with E-state index in [4.69, 9.17) is 0 Å². The molecule has 9 aromatic rings. The number of hydrogen-bond acceptors (Lipinski definition) is 0. The smallest absolute Gasteiger partial charge is 0.0346 e. The third-order valence-electron chi connectivity index (χ3n) is 12.1. The minimum Gasteiger partial charge on any atom is -0.0622 e. The molecule has 0 aliphatic heterocycles.